The lowest BCUT2D eigenvalue weighted by Gasteiger charge is -2.17. The van der Waals surface area contributed by atoms with Gasteiger partial charge < -0.3 is 10.4 Å². The lowest BCUT2D eigenvalue weighted by atomic mass is 10.3. The first-order valence-electron chi connectivity index (χ1n) is 5.31. The number of nitrogens with one attached hydrogen (secondary N) is 1. The molecule has 1 saturated carbocycles. The molecule has 90 valence electrons. The van der Waals surface area contributed by atoms with Crippen molar-refractivity contribution in [2.45, 2.75) is 18.9 Å². The van der Waals surface area contributed by atoms with E-state index in [-0.39, 0.29) is 17.8 Å². The highest BCUT2D eigenvalue weighted by Crippen LogP contribution is 2.20. The van der Waals surface area contributed by atoms with Crippen LogP contribution in [0.3, 0.4) is 0 Å². The van der Waals surface area contributed by atoms with Gasteiger partial charge in [-0.3, -0.25) is 4.90 Å². The zero-order valence-electron chi connectivity index (χ0n) is 9.38. The van der Waals surface area contributed by atoms with Crippen molar-refractivity contribution >= 4 is 17.7 Å². The first-order chi connectivity index (χ1) is 8.08. The average Bonchev–Trinajstić information content (AvgIpc) is 3.12. The second kappa shape index (κ2) is 4.40. The van der Waals surface area contributed by atoms with Crippen molar-refractivity contribution in [3.05, 3.63) is 24.0 Å². The summed E-state index contributed by atoms with van der Waals surface area (Å²) < 4.78 is 0. The third-order valence-electron chi connectivity index (χ3n) is 2.56. The molecule has 1 aromatic rings. The van der Waals surface area contributed by atoms with Gasteiger partial charge in [0.05, 0.1) is 11.9 Å². The van der Waals surface area contributed by atoms with Crippen LogP contribution in [0.25, 0.3) is 0 Å². The van der Waals surface area contributed by atoms with E-state index in [2.05, 4.69) is 10.3 Å². The molecule has 17 heavy (non-hydrogen) atoms. The van der Waals surface area contributed by atoms with E-state index < -0.39 is 5.97 Å². The fraction of sp³-hybridized carbons (Fsp3) is 0.364. The highest BCUT2D eigenvalue weighted by atomic mass is 16.4. The Labute approximate surface area is 98.3 Å². The molecule has 6 nitrogen and oxygen atoms in total. The summed E-state index contributed by atoms with van der Waals surface area (Å²) in [6.45, 7) is 0. The minimum atomic E-state index is -1.08. The van der Waals surface area contributed by atoms with Crippen LogP contribution in [0.15, 0.2) is 18.3 Å². The summed E-state index contributed by atoms with van der Waals surface area (Å²) in [5.41, 5.74) is 0.526. The van der Waals surface area contributed by atoms with Crippen LogP contribution < -0.4 is 10.2 Å². The molecule has 2 N–H and O–H groups in total. The number of anilines is 1. The van der Waals surface area contributed by atoms with Crippen molar-refractivity contribution in [3.63, 3.8) is 0 Å². The minimum Gasteiger partial charge on any atom is -0.477 e. The molecule has 1 heterocycles. The molecule has 1 aliphatic carbocycles. The average molecular weight is 235 g/mol. The van der Waals surface area contributed by atoms with Crippen LogP contribution in [-0.4, -0.2) is 35.2 Å². The maximum absolute atomic E-state index is 11.7. The molecule has 0 aromatic carbocycles. The number of pyridine rings is 1. The lowest BCUT2D eigenvalue weighted by molar-refractivity contribution is 0.0690. The number of aromatic carboxylic acids is 1. The van der Waals surface area contributed by atoms with Crippen LogP contribution >= 0.6 is 0 Å². The Kier molecular flexibility index (Phi) is 2.95. The molecule has 0 aliphatic heterocycles. The van der Waals surface area contributed by atoms with E-state index in [1.54, 1.807) is 13.1 Å². The molecule has 0 bridgehead atoms. The monoisotopic (exact) mass is 235 g/mol. The van der Waals surface area contributed by atoms with Gasteiger partial charge in [0.2, 0.25) is 0 Å². The Bertz CT molecular complexity index is 440. The summed E-state index contributed by atoms with van der Waals surface area (Å²) in [7, 11) is 1.62. The summed E-state index contributed by atoms with van der Waals surface area (Å²) in [5.74, 6) is -1.08. The lowest BCUT2D eigenvalue weighted by Crippen LogP contribution is -2.38. The Morgan fingerprint density at radius 3 is 2.65 bits per heavy atom. The molecule has 2 rings (SSSR count). The summed E-state index contributed by atoms with van der Waals surface area (Å²) in [4.78, 5) is 27.5. The minimum absolute atomic E-state index is 0.0373. The molecule has 0 spiro atoms. The molecule has 0 atom stereocenters. The Hall–Kier alpha value is -2.11. The largest absolute Gasteiger partial charge is 0.477 e. The molecule has 1 aliphatic rings. The highest BCUT2D eigenvalue weighted by Gasteiger charge is 2.25. The van der Waals surface area contributed by atoms with Crippen LogP contribution in [0.2, 0.25) is 0 Å². The van der Waals surface area contributed by atoms with Crippen LogP contribution in [-0.2, 0) is 0 Å². The van der Waals surface area contributed by atoms with Gasteiger partial charge in [-0.2, -0.15) is 0 Å². The fourth-order valence-electron chi connectivity index (χ4n) is 1.33. The van der Waals surface area contributed by atoms with Crippen molar-refractivity contribution in [3.8, 4) is 0 Å². The van der Waals surface area contributed by atoms with Gasteiger partial charge in [0.25, 0.3) is 0 Å². The molecule has 6 heteroatoms. The van der Waals surface area contributed by atoms with Crippen LogP contribution in [0.4, 0.5) is 10.5 Å². The van der Waals surface area contributed by atoms with E-state index in [0.717, 1.165) is 12.8 Å². The normalized spacial score (nSPS) is 14.2. The number of hydrogen-bond acceptors (Lipinski definition) is 3. The predicted octanol–water partition coefficient (Wildman–Crippen LogP) is 1.09. The second-order valence-electron chi connectivity index (χ2n) is 3.99. The highest BCUT2D eigenvalue weighted by molar-refractivity contribution is 5.92. The maximum Gasteiger partial charge on any atom is 0.354 e. The van der Waals surface area contributed by atoms with Crippen LogP contribution in [0.5, 0.6) is 0 Å². The van der Waals surface area contributed by atoms with E-state index in [0.29, 0.717) is 5.69 Å². The number of carbonyl (C=O) groups excluding carboxylic acids is 1. The van der Waals surface area contributed by atoms with E-state index in [1.807, 2.05) is 0 Å². The summed E-state index contributed by atoms with van der Waals surface area (Å²) in [5, 5.41) is 11.5. The van der Waals surface area contributed by atoms with Gasteiger partial charge in [-0.05, 0) is 25.0 Å². The molecule has 1 aromatic heterocycles. The number of carbonyl (C=O) groups is 2. The molecule has 2 amide bonds. The molecule has 1 fully saturated rings. The number of carboxylic acids is 1. The van der Waals surface area contributed by atoms with Gasteiger partial charge in [0, 0.05) is 13.1 Å². The van der Waals surface area contributed by atoms with Crippen LogP contribution in [0.1, 0.15) is 23.3 Å². The molecule has 0 unspecified atom stereocenters. The zero-order chi connectivity index (χ0) is 12.4. The third kappa shape index (κ3) is 2.72. The smallest absolute Gasteiger partial charge is 0.354 e. The third-order valence-corrected chi connectivity index (χ3v) is 2.56. The van der Waals surface area contributed by atoms with Crippen molar-refractivity contribution in [2.24, 2.45) is 0 Å². The number of carboxylic acid groups (broad SMARTS) is 1. The second-order valence-corrected chi connectivity index (χ2v) is 3.99. The summed E-state index contributed by atoms with van der Waals surface area (Å²) in [6.07, 6.45) is 3.42. The number of hydrogen-bond donors (Lipinski definition) is 2. The standard InChI is InChI=1S/C11H13N3O3/c1-14(11(17)13-7-2-3-7)8-4-5-9(10(15)16)12-6-8/h4-7H,2-3H2,1H3,(H,13,17)(H,15,16). The number of urea groups is 1. The number of rotatable bonds is 3. The number of nitrogens with zero attached hydrogens (tertiary/aromatic N) is 2. The van der Waals surface area contributed by atoms with Crippen molar-refractivity contribution in [1.82, 2.24) is 10.3 Å². The van der Waals surface area contributed by atoms with Gasteiger partial charge in [0.1, 0.15) is 5.69 Å². The van der Waals surface area contributed by atoms with E-state index >= 15 is 0 Å². The number of aromatic nitrogens is 1. The zero-order valence-corrected chi connectivity index (χ0v) is 9.38. The van der Waals surface area contributed by atoms with Crippen molar-refractivity contribution in [2.75, 3.05) is 11.9 Å². The van der Waals surface area contributed by atoms with Crippen molar-refractivity contribution in [1.29, 1.82) is 0 Å². The first kappa shape index (κ1) is 11.4. The van der Waals surface area contributed by atoms with Gasteiger partial charge in [-0.15, -0.1) is 0 Å². The molecule has 0 radical (unpaired) electrons. The summed E-state index contributed by atoms with van der Waals surface area (Å²) in [6, 6.07) is 3.02. The first-order valence-corrected chi connectivity index (χ1v) is 5.31. The van der Waals surface area contributed by atoms with Crippen molar-refractivity contribution < 1.29 is 14.7 Å². The van der Waals surface area contributed by atoms with Gasteiger partial charge in [-0.1, -0.05) is 0 Å². The topological polar surface area (TPSA) is 82.5 Å². The molecular formula is C11H13N3O3. The Balaban J connectivity index is 2.04. The summed E-state index contributed by atoms with van der Waals surface area (Å²) >= 11 is 0. The SMILES string of the molecule is CN(C(=O)NC1CC1)c1ccc(C(=O)O)nc1. The van der Waals surface area contributed by atoms with Gasteiger partial charge >= 0.3 is 12.0 Å². The van der Waals surface area contributed by atoms with E-state index in [1.165, 1.54) is 17.2 Å². The van der Waals surface area contributed by atoms with Gasteiger partial charge in [-0.25, -0.2) is 14.6 Å². The van der Waals surface area contributed by atoms with Crippen LogP contribution in [0, 0.1) is 0 Å². The van der Waals surface area contributed by atoms with E-state index in [4.69, 9.17) is 5.11 Å². The fourth-order valence-corrected chi connectivity index (χ4v) is 1.33. The quantitative estimate of drug-likeness (QED) is 0.821. The molecular weight excluding hydrogens is 222 g/mol. The van der Waals surface area contributed by atoms with Gasteiger partial charge in [0.15, 0.2) is 0 Å². The Morgan fingerprint density at radius 2 is 2.18 bits per heavy atom. The Morgan fingerprint density at radius 1 is 1.47 bits per heavy atom. The maximum atomic E-state index is 11.7. The molecule has 0 saturated heterocycles. The van der Waals surface area contributed by atoms with E-state index in [9.17, 15) is 9.59 Å². The number of amides is 2. The predicted molar refractivity (Wildman–Crippen MR) is 61.2 cm³/mol.